The molecular formula is C9H13ClN2O. The van der Waals surface area contributed by atoms with E-state index >= 15 is 0 Å². The second-order valence-corrected chi connectivity index (χ2v) is 3.40. The number of hydrogen-bond acceptors (Lipinski definition) is 3. The Balaban J connectivity index is 2.77. The van der Waals surface area contributed by atoms with E-state index in [9.17, 15) is 0 Å². The number of hydrogen-bond donors (Lipinski definition) is 3. The van der Waals surface area contributed by atoms with Gasteiger partial charge in [-0.3, -0.25) is 0 Å². The molecule has 4 heteroatoms. The van der Waals surface area contributed by atoms with Gasteiger partial charge in [0.15, 0.2) is 0 Å². The molecule has 0 bridgehead atoms. The van der Waals surface area contributed by atoms with Gasteiger partial charge in [-0.05, 0) is 25.1 Å². The summed E-state index contributed by atoms with van der Waals surface area (Å²) < 4.78 is 0. The molecule has 4 N–H and O–H groups in total. The number of nitrogens with two attached hydrogens (primary N) is 1. The van der Waals surface area contributed by atoms with E-state index in [1.807, 2.05) is 6.92 Å². The predicted molar refractivity (Wildman–Crippen MR) is 56.0 cm³/mol. The molecule has 0 aliphatic carbocycles. The highest BCUT2D eigenvalue weighted by atomic mass is 35.5. The molecule has 3 nitrogen and oxygen atoms in total. The molecule has 1 atom stereocenters. The lowest BCUT2D eigenvalue weighted by Crippen LogP contribution is -2.19. The van der Waals surface area contributed by atoms with Crippen LogP contribution >= 0.6 is 11.6 Å². The van der Waals surface area contributed by atoms with Crippen LogP contribution in [0.5, 0.6) is 0 Å². The van der Waals surface area contributed by atoms with Crippen molar-refractivity contribution in [2.24, 2.45) is 0 Å². The zero-order chi connectivity index (χ0) is 9.84. The van der Waals surface area contributed by atoms with Gasteiger partial charge in [-0.1, -0.05) is 11.6 Å². The summed E-state index contributed by atoms with van der Waals surface area (Å²) in [6, 6.07) is 5.21. The molecule has 0 aromatic heterocycles. The molecule has 0 amide bonds. The van der Waals surface area contributed by atoms with Crippen molar-refractivity contribution in [2.75, 3.05) is 17.7 Å². The molecule has 1 aromatic carbocycles. The second-order valence-electron chi connectivity index (χ2n) is 2.96. The van der Waals surface area contributed by atoms with E-state index in [1.54, 1.807) is 18.2 Å². The maximum absolute atomic E-state index is 8.81. The van der Waals surface area contributed by atoms with Crippen LogP contribution in [0.3, 0.4) is 0 Å². The van der Waals surface area contributed by atoms with E-state index in [1.165, 1.54) is 0 Å². The topological polar surface area (TPSA) is 58.3 Å². The molecule has 1 unspecified atom stereocenters. The van der Waals surface area contributed by atoms with Crippen molar-refractivity contribution in [1.82, 2.24) is 0 Å². The van der Waals surface area contributed by atoms with Crippen molar-refractivity contribution in [2.45, 2.75) is 13.0 Å². The summed E-state index contributed by atoms with van der Waals surface area (Å²) >= 11 is 5.73. The first-order valence-electron chi connectivity index (χ1n) is 4.06. The number of aliphatic hydroxyl groups is 1. The lowest BCUT2D eigenvalue weighted by Gasteiger charge is -2.14. The molecule has 1 rings (SSSR count). The molecule has 1 aromatic rings. The van der Waals surface area contributed by atoms with E-state index in [-0.39, 0.29) is 12.6 Å². The third-order valence-corrected chi connectivity index (χ3v) is 1.92. The first kappa shape index (κ1) is 10.2. The van der Waals surface area contributed by atoms with Gasteiger partial charge in [-0.25, -0.2) is 0 Å². The molecule has 0 fully saturated rings. The van der Waals surface area contributed by atoms with Gasteiger partial charge in [0.05, 0.1) is 18.0 Å². The third kappa shape index (κ3) is 2.79. The van der Waals surface area contributed by atoms with Gasteiger partial charge in [0.25, 0.3) is 0 Å². The third-order valence-electron chi connectivity index (χ3n) is 1.69. The summed E-state index contributed by atoms with van der Waals surface area (Å²) in [4.78, 5) is 0. The predicted octanol–water partition coefficient (Wildman–Crippen LogP) is 1.71. The number of rotatable bonds is 3. The van der Waals surface area contributed by atoms with Crippen molar-refractivity contribution in [1.29, 1.82) is 0 Å². The van der Waals surface area contributed by atoms with E-state index in [2.05, 4.69) is 5.32 Å². The number of aliphatic hydroxyl groups excluding tert-OH is 1. The van der Waals surface area contributed by atoms with Gasteiger partial charge >= 0.3 is 0 Å². The average molecular weight is 201 g/mol. The minimum absolute atomic E-state index is 0.0107. The summed E-state index contributed by atoms with van der Waals surface area (Å²) in [5.41, 5.74) is 7.08. The maximum Gasteiger partial charge on any atom is 0.0630 e. The fraction of sp³-hybridized carbons (Fsp3) is 0.333. The van der Waals surface area contributed by atoms with E-state index in [4.69, 9.17) is 22.4 Å². The first-order chi connectivity index (χ1) is 6.13. The van der Waals surface area contributed by atoms with E-state index in [0.29, 0.717) is 10.7 Å². The minimum atomic E-state index is -0.0107. The average Bonchev–Trinajstić information content (AvgIpc) is 2.09. The Hall–Kier alpha value is -0.930. The van der Waals surface area contributed by atoms with Crippen LogP contribution in [0.2, 0.25) is 5.02 Å². The van der Waals surface area contributed by atoms with Crippen LogP contribution in [0.25, 0.3) is 0 Å². The Kier molecular flexibility index (Phi) is 3.39. The van der Waals surface area contributed by atoms with Crippen LogP contribution in [0.4, 0.5) is 11.4 Å². The highest BCUT2D eigenvalue weighted by Gasteiger charge is 2.03. The molecule has 0 aliphatic rings. The minimum Gasteiger partial charge on any atom is -0.397 e. The van der Waals surface area contributed by atoms with Gasteiger partial charge < -0.3 is 16.2 Å². The Morgan fingerprint density at radius 2 is 2.31 bits per heavy atom. The van der Waals surface area contributed by atoms with Gasteiger partial charge in [-0.2, -0.15) is 0 Å². The monoisotopic (exact) mass is 200 g/mol. The van der Waals surface area contributed by atoms with Crippen molar-refractivity contribution >= 4 is 23.0 Å². The molecule has 0 heterocycles. The second kappa shape index (κ2) is 4.35. The summed E-state index contributed by atoms with van der Waals surface area (Å²) in [6.45, 7) is 1.94. The molecule has 0 radical (unpaired) electrons. The van der Waals surface area contributed by atoms with Gasteiger partial charge in [0.1, 0.15) is 0 Å². The fourth-order valence-electron chi connectivity index (χ4n) is 0.976. The lowest BCUT2D eigenvalue weighted by atomic mass is 10.2. The summed E-state index contributed by atoms with van der Waals surface area (Å²) in [5, 5.41) is 12.5. The van der Waals surface area contributed by atoms with Crippen LogP contribution in [-0.4, -0.2) is 17.8 Å². The summed E-state index contributed by atoms with van der Waals surface area (Å²) in [7, 11) is 0. The number of nitrogen functional groups attached to an aromatic ring is 1. The van der Waals surface area contributed by atoms with Gasteiger partial charge in [-0.15, -0.1) is 0 Å². The van der Waals surface area contributed by atoms with Crippen molar-refractivity contribution < 1.29 is 5.11 Å². The molecule has 0 saturated heterocycles. The first-order valence-corrected chi connectivity index (χ1v) is 4.43. The Labute approximate surface area is 82.5 Å². The highest BCUT2D eigenvalue weighted by molar-refractivity contribution is 6.31. The summed E-state index contributed by atoms with van der Waals surface area (Å²) in [5.74, 6) is 0. The molecule has 0 spiro atoms. The van der Waals surface area contributed by atoms with Crippen LogP contribution in [-0.2, 0) is 0 Å². The van der Waals surface area contributed by atoms with Crippen molar-refractivity contribution in [3.8, 4) is 0 Å². The van der Waals surface area contributed by atoms with Crippen LogP contribution in [0.1, 0.15) is 6.92 Å². The van der Waals surface area contributed by atoms with Crippen LogP contribution in [0, 0.1) is 0 Å². The molecule has 0 aliphatic heterocycles. The number of halogens is 1. The Bertz CT molecular complexity index is 291. The van der Waals surface area contributed by atoms with E-state index < -0.39 is 0 Å². The number of benzene rings is 1. The SMILES string of the molecule is CC(CO)Nc1ccc(Cl)cc1N. The smallest absolute Gasteiger partial charge is 0.0630 e. The largest absolute Gasteiger partial charge is 0.397 e. The molecule has 13 heavy (non-hydrogen) atoms. The highest BCUT2D eigenvalue weighted by Crippen LogP contribution is 2.22. The maximum atomic E-state index is 8.81. The van der Waals surface area contributed by atoms with Gasteiger partial charge in [0.2, 0.25) is 0 Å². The molecule has 0 saturated carbocycles. The standard InChI is InChI=1S/C9H13ClN2O/c1-6(5-13)12-9-3-2-7(10)4-8(9)11/h2-4,6,12-13H,5,11H2,1H3. The van der Waals surface area contributed by atoms with E-state index in [0.717, 1.165) is 5.69 Å². The number of nitrogens with one attached hydrogen (secondary N) is 1. The van der Waals surface area contributed by atoms with Gasteiger partial charge in [0, 0.05) is 11.1 Å². The number of anilines is 2. The van der Waals surface area contributed by atoms with Crippen LogP contribution < -0.4 is 11.1 Å². The Morgan fingerprint density at radius 1 is 1.62 bits per heavy atom. The quantitative estimate of drug-likeness (QED) is 0.652. The lowest BCUT2D eigenvalue weighted by molar-refractivity contribution is 0.281. The molecule has 72 valence electrons. The van der Waals surface area contributed by atoms with Crippen molar-refractivity contribution in [3.05, 3.63) is 23.2 Å². The Morgan fingerprint density at radius 3 is 2.85 bits per heavy atom. The normalized spacial score (nSPS) is 12.5. The van der Waals surface area contributed by atoms with Crippen LogP contribution in [0.15, 0.2) is 18.2 Å². The zero-order valence-corrected chi connectivity index (χ0v) is 8.17. The summed E-state index contributed by atoms with van der Waals surface area (Å²) in [6.07, 6.45) is 0. The van der Waals surface area contributed by atoms with Crippen molar-refractivity contribution in [3.63, 3.8) is 0 Å². The fourth-order valence-corrected chi connectivity index (χ4v) is 1.16. The molecular weight excluding hydrogens is 188 g/mol. The zero-order valence-electron chi connectivity index (χ0n) is 7.42.